The maximum atomic E-state index is 11.4. The van der Waals surface area contributed by atoms with E-state index >= 15 is 0 Å². The number of carbonyl (C=O) groups excluding carboxylic acids is 1. The van der Waals surface area contributed by atoms with Crippen LogP contribution in [0.1, 0.15) is 28.7 Å². The van der Waals surface area contributed by atoms with Crippen molar-refractivity contribution in [3.63, 3.8) is 0 Å². The van der Waals surface area contributed by atoms with Gasteiger partial charge in [-0.05, 0) is 37.1 Å². The summed E-state index contributed by atoms with van der Waals surface area (Å²) >= 11 is 5.97. The first-order valence-electron chi connectivity index (χ1n) is 5.95. The first-order valence-corrected chi connectivity index (χ1v) is 6.33. The van der Waals surface area contributed by atoms with Gasteiger partial charge in [0.25, 0.3) is 5.91 Å². The number of primary amides is 1. The van der Waals surface area contributed by atoms with Crippen LogP contribution in [0.2, 0.25) is 5.15 Å². The van der Waals surface area contributed by atoms with Crippen molar-refractivity contribution in [3.8, 4) is 11.1 Å². The predicted octanol–water partition coefficient (Wildman–Crippen LogP) is 2.77. The van der Waals surface area contributed by atoms with E-state index in [2.05, 4.69) is 9.97 Å². The number of nitrogens with two attached hydrogens (primary N) is 1. The smallest absolute Gasteiger partial charge is 0.251 e. The van der Waals surface area contributed by atoms with Gasteiger partial charge in [-0.2, -0.15) is 0 Å². The van der Waals surface area contributed by atoms with Gasteiger partial charge in [-0.25, -0.2) is 4.98 Å². The van der Waals surface area contributed by atoms with Gasteiger partial charge in [-0.3, -0.25) is 9.78 Å². The van der Waals surface area contributed by atoms with Gasteiger partial charge >= 0.3 is 0 Å². The molecule has 0 radical (unpaired) electrons. The third-order valence-electron chi connectivity index (χ3n) is 2.86. The number of aryl methyl sites for hydroxylation is 2. The molecule has 0 spiro atoms. The Morgan fingerprint density at radius 2 is 2.16 bits per heavy atom. The van der Waals surface area contributed by atoms with Crippen molar-refractivity contribution in [1.29, 1.82) is 0 Å². The fraction of sp³-hybridized carbons (Fsp3) is 0.214. The average molecular weight is 276 g/mol. The Kier molecular flexibility index (Phi) is 3.81. The first kappa shape index (κ1) is 13.5. The Hall–Kier alpha value is -1.94. The van der Waals surface area contributed by atoms with Crippen molar-refractivity contribution in [3.05, 3.63) is 46.5 Å². The molecule has 19 heavy (non-hydrogen) atoms. The summed E-state index contributed by atoms with van der Waals surface area (Å²) in [6, 6.07) is 5.52. The molecule has 98 valence electrons. The zero-order chi connectivity index (χ0) is 14.0. The molecule has 2 N–H and O–H groups in total. The number of pyridine rings is 2. The summed E-state index contributed by atoms with van der Waals surface area (Å²) in [5, 5.41) is 0.152. The van der Waals surface area contributed by atoms with Crippen LogP contribution in [0.15, 0.2) is 24.4 Å². The zero-order valence-electron chi connectivity index (χ0n) is 10.8. The Morgan fingerprint density at radius 1 is 1.42 bits per heavy atom. The van der Waals surface area contributed by atoms with Gasteiger partial charge in [0.1, 0.15) is 5.15 Å². The van der Waals surface area contributed by atoms with Crippen molar-refractivity contribution in [2.24, 2.45) is 5.73 Å². The van der Waals surface area contributed by atoms with Crippen molar-refractivity contribution in [2.75, 3.05) is 0 Å². The summed E-state index contributed by atoms with van der Waals surface area (Å²) in [5.74, 6) is -0.577. The van der Waals surface area contributed by atoms with Gasteiger partial charge in [0.05, 0.1) is 5.56 Å². The first-order chi connectivity index (χ1) is 9.02. The highest BCUT2D eigenvalue weighted by atomic mass is 35.5. The summed E-state index contributed by atoms with van der Waals surface area (Å²) in [5.41, 5.74) is 9.10. The maximum absolute atomic E-state index is 11.4. The van der Waals surface area contributed by atoms with E-state index in [0.717, 1.165) is 28.9 Å². The highest BCUT2D eigenvalue weighted by molar-refractivity contribution is 6.32. The molecule has 0 aliphatic heterocycles. The molecular weight excluding hydrogens is 262 g/mol. The van der Waals surface area contributed by atoms with Gasteiger partial charge in [-0.1, -0.05) is 18.5 Å². The number of hydrogen-bond acceptors (Lipinski definition) is 3. The molecule has 2 aromatic heterocycles. The van der Waals surface area contributed by atoms with E-state index in [1.165, 1.54) is 0 Å². The van der Waals surface area contributed by atoms with Crippen LogP contribution in [0.4, 0.5) is 0 Å². The second-order valence-electron chi connectivity index (χ2n) is 4.22. The van der Waals surface area contributed by atoms with Crippen LogP contribution in [-0.4, -0.2) is 15.9 Å². The van der Waals surface area contributed by atoms with E-state index in [9.17, 15) is 4.79 Å². The van der Waals surface area contributed by atoms with Gasteiger partial charge in [0.15, 0.2) is 0 Å². The standard InChI is InChI=1S/C14H14ClN3O/c1-3-12-10(9-4-5-17-8(2)6-9)7-11(14(16)19)13(15)18-12/h4-7H,3H2,1-2H3,(H2,16,19). The highest BCUT2D eigenvalue weighted by Crippen LogP contribution is 2.27. The van der Waals surface area contributed by atoms with E-state index in [4.69, 9.17) is 17.3 Å². The van der Waals surface area contributed by atoms with Crippen molar-refractivity contribution in [1.82, 2.24) is 9.97 Å². The molecule has 0 saturated heterocycles. The van der Waals surface area contributed by atoms with Crippen molar-refractivity contribution in [2.45, 2.75) is 20.3 Å². The van der Waals surface area contributed by atoms with Crippen molar-refractivity contribution >= 4 is 17.5 Å². The van der Waals surface area contributed by atoms with Crippen LogP contribution in [0.5, 0.6) is 0 Å². The van der Waals surface area contributed by atoms with E-state index in [1.54, 1.807) is 12.3 Å². The molecule has 0 saturated carbocycles. The van der Waals surface area contributed by atoms with Crippen LogP contribution >= 0.6 is 11.6 Å². The monoisotopic (exact) mass is 275 g/mol. The molecule has 4 nitrogen and oxygen atoms in total. The topological polar surface area (TPSA) is 68.9 Å². The summed E-state index contributed by atoms with van der Waals surface area (Å²) in [6.07, 6.45) is 2.44. The number of rotatable bonds is 3. The average Bonchev–Trinajstić information content (AvgIpc) is 2.37. The minimum atomic E-state index is -0.577. The van der Waals surface area contributed by atoms with E-state index in [0.29, 0.717) is 0 Å². The van der Waals surface area contributed by atoms with Crippen LogP contribution < -0.4 is 5.73 Å². The lowest BCUT2D eigenvalue weighted by atomic mass is 10.0. The minimum absolute atomic E-state index is 0.152. The van der Waals surface area contributed by atoms with Gasteiger partial charge in [-0.15, -0.1) is 0 Å². The SMILES string of the molecule is CCc1nc(Cl)c(C(N)=O)cc1-c1ccnc(C)c1. The van der Waals surface area contributed by atoms with Crippen LogP contribution in [0.25, 0.3) is 11.1 Å². The number of halogens is 1. The third-order valence-corrected chi connectivity index (χ3v) is 3.15. The molecule has 0 atom stereocenters. The maximum Gasteiger partial charge on any atom is 0.251 e. The fourth-order valence-electron chi connectivity index (χ4n) is 1.93. The van der Waals surface area contributed by atoms with Crippen molar-refractivity contribution < 1.29 is 4.79 Å². The number of amides is 1. The molecule has 2 heterocycles. The molecule has 0 fully saturated rings. The zero-order valence-corrected chi connectivity index (χ0v) is 11.5. The molecule has 0 unspecified atom stereocenters. The number of nitrogens with zero attached hydrogens (tertiary/aromatic N) is 2. The lowest BCUT2D eigenvalue weighted by Gasteiger charge is -2.10. The van der Waals surface area contributed by atoms with Gasteiger partial charge in [0.2, 0.25) is 0 Å². The highest BCUT2D eigenvalue weighted by Gasteiger charge is 2.14. The molecular formula is C14H14ClN3O. The van der Waals surface area contributed by atoms with E-state index < -0.39 is 5.91 Å². The quantitative estimate of drug-likeness (QED) is 0.876. The minimum Gasteiger partial charge on any atom is -0.366 e. The predicted molar refractivity (Wildman–Crippen MR) is 75.1 cm³/mol. The third kappa shape index (κ3) is 2.74. The summed E-state index contributed by atoms with van der Waals surface area (Å²) in [4.78, 5) is 19.8. The fourth-order valence-corrected chi connectivity index (χ4v) is 2.18. The summed E-state index contributed by atoms with van der Waals surface area (Å²) < 4.78 is 0. The Labute approximate surface area is 116 Å². The van der Waals surface area contributed by atoms with Crippen LogP contribution in [0.3, 0.4) is 0 Å². The van der Waals surface area contributed by atoms with Crippen LogP contribution in [-0.2, 0) is 6.42 Å². The molecule has 0 aliphatic carbocycles. The Balaban J connectivity index is 2.67. The lowest BCUT2D eigenvalue weighted by Crippen LogP contribution is -2.13. The van der Waals surface area contributed by atoms with Gasteiger partial charge in [0, 0.05) is 23.1 Å². The molecule has 1 amide bonds. The summed E-state index contributed by atoms with van der Waals surface area (Å²) in [6.45, 7) is 3.90. The number of hydrogen-bond donors (Lipinski definition) is 1. The molecule has 2 aromatic rings. The lowest BCUT2D eigenvalue weighted by molar-refractivity contribution is 0.1000. The number of aromatic nitrogens is 2. The number of carbonyl (C=O) groups is 1. The van der Waals surface area contributed by atoms with E-state index in [1.807, 2.05) is 26.0 Å². The molecule has 5 heteroatoms. The molecule has 0 bridgehead atoms. The Morgan fingerprint density at radius 3 is 2.74 bits per heavy atom. The van der Waals surface area contributed by atoms with Gasteiger partial charge < -0.3 is 5.73 Å². The second-order valence-corrected chi connectivity index (χ2v) is 4.58. The summed E-state index contributed by atoms with van der Waals surface area (Å²) in [7, 11) is 0. The second kappa shape index (κ2) is 5.36. The molecule has 0 aliphatic rings. The molecule has 0 aromatic carbocycles. The van der Waals surface area contributed by atoms with Crippen LogP contribution in [0, 0.1) is 6.92 Å². The normalized spacial score (nSPS) is 10.5. The Bertz CT molecular complexity index is 641. The molecule has 2 rings (SSSR count). The largest absolute Gasteiger partial charge is 0.366 e. The van der Waals surface area contributed by atoms with E-state index in [-0.39, 0.29) is 10.7 Å².